The molecule has 0 aliphatic carbocycles. The van der Waals surface area contributed by atoms with Crippen molar-refractivity contribution >= 4 is 11.3 Å². The zero-order valence-electron chi connectivity index (χ0n) is 12.0. The average Bonchev–Trinajstić information content (AvgIpc) is 2.98. The molecule has 3 nitrogen and oxygen atoms in total. The zero-order chi connectivity index (χ0) is 14.5. The summed E-state index contributed by atoms with van der Waals surface area (Å²) >= 11 is 1.76. The molecule has 1 aromatic carbocycles. The molecule has 4 heteroatoms. The predicted molar refractivity (Wildman–Crippen MR) is 86.5 cm³/mol. The van der Waals surface area contributed by atoms with Crippen LogP contribution in [0.2, 0.25) is 0 Å². The maximum absolute atomic E-state index is 10.4. The van der Waals surface area contributed by atoms with E-state index in [-0.39, 0.29) is 0 Å². The second-order valence-electron chi connectivity index (χ2n) is 5.61. The molecule has 0 spiro atoms. The maximum Gasteiger partial charge on any atom is 0.0815 e. The second-order valence-corrected chi connectivity index (χ2v) is 6.60. The van der Waals surface area contributed by atoms with Crippen LogP contribution in [-0.2, 0) is 11.3 Å². The monoisotopic (exact) mass is 303 g/mol. The van der Waals surface area contributed by atoms with Gasteiger partial charge in [-0.05, 0) is 22.6 Å². The van der Waals surface area contributed by atoms with Crippen LogP contribution in [0.4, 0.5) is 0 Å². The van der Waals surface area contributed by atoms with Gasteiger partial charge in [0.2, 0.25) is 0 Å². The Morgan fingerprint density at radius 2 is 1.90 bits per heavy atom. The highest BCUT2D eigenvalue weighted by Gasteiger charge is 2.29. The van der Waals surface area contributed by atoms with Gasteiger partial charge in [-0.15, -0.1) is 11.3 Å². The summed E-state index contributed by atoms with van der Waals surface area (Å²) < 4.78 is 5.30. The molecular weight excluding hydrogens is 282 g/mol. The van der Waals surface area contributed by atoms with Crippen molar-refractivity contribution in [2.45, 2.75) is 25.0 Å². The Labute approximate surface area is 129 Å². The number of nitrogens with one attached hydrogen (secondary N) is 1. The Hall–Kier alpha value is -1.20. The number of hydrogen-bond donors (Lipinski definition) is 2. The molecule has 0 bridgehead atoms. The van der Waals surface area contributed by atoms with E-state index in [4.69, 9.17) is 4.74 Å². The Kier molecular flexibility index (Phi) is 4.70. The SMILES string of the molecule is OC1(CNCc2cc(-c3ccccc3)cs2)CCOCC1. The van der Waals surface area contributed by atoms with Crippen LogP contribution < -0.4 is 5.32 Å². The van der Waals surface area contributed by atoms with Crippen LogP contribution in [0.15, 0.2) is 41.8 Å². The Balaban J connectivity index is 1.53. The molecule has 0 saturated carbocycles. The van der Waals surface area contributed by atoms with E-state index in [0.717, 1.165) is 19.4 Å². The van der Waals surface area contributed by atoms with Crippen molar-refractivity contribution in [3.05, 3.63) is 46.7 Å². The highest BCUT2D eigenvalue weighted by atomic mass is 32.1. The van der Waals surface area contributed by atoms with Gasteiger partial charge in [0.15, 0.2) is 0 Å². The summed E-state index contributed by atoms with van der Waals surface area (Å²) in [6.07, 6.45) is 1.44. The molecule has 1 saturated heterocycles. The molecule has 0 unspecified atom stereocenters. The van der Waals surface area contributed by atoms with Gasteiger partial charge >= 0.3 is 0 Å². The van der Waals surface area contributed by atoms with Crippen LogP contribution in [-0.4, -0.2) is 30.5 Å². The summed E-state index contributed by atoms with van der Waals surface area (Å²) in [5.41, 5.74) is 1.92. The minimum Gasteiger partial charge on any atom is -0.388 e. The van der Waals surface area contributed by atoms with Gasteiger partial charge in [-0.2, -0.15) is 0 Å². The van der Waals surface area contributed by atoms with Crippen molar-refractivity contribution in [2.24, 2.45) is 0 Å². The summed E-state index contributed by atoms with van der Waals surface area (Å²) in [4.78, 5) is 1.30. The Morgan fingerprint density at radius 1 is 1.14 bits per heavy atom. The number of rotatable bonds is 5. The highest BCUT2D eigenvalue weighted by molar-refractivity contribution is 7.10. The Bertz CT molecular complexity index is 561. The van der Waals surface area contributed by atoms with Gasteiger partial charge in [-0.1, -0.05) is 30.3 Å². The summed E-state index contributed by atoms with van der Waals surface area (Å²) in [6.45, 7) is 2.76. The van der Waals surface area contributed by atoms with Crippen molar-refractivity contribution in [3.63, 3.8) is 0 Å². The molecule has 1 aliphatic heterocycles. The molecule has 0 atom stereocenters. The van der Waals surface area contributed by atoms with Crippen LogP contribution in [0.3, 0.4) is 0 Å². The van der Waals surface area contributed by atoms with E-state index >= 15 is 0 Å². The fourth-order valence-corrected chi connectivity index (χ4v) is 3.46. The number of aliphatic hydroxyl groups is 1. The van der Waals surface area contributed by atoms with Gasteiger partial charge in [-0.3, -0.25) is 0 Å². The third-order valence-electron chi connectivity index (χ3n) is 3.94. The molecule has 2 heterocycles. The number of hydrogen-bond acceptors (Lipinski definition) is 4. The van der Waals surface area contributed by atoms with Crippen molar-refractivity contribution in [2.75, 3.05) is 19.8 Å². The van der Waals surface area contributed by atoms with Gasteiger partial charge in [0.25, 0.3) is 0 Å². The van der Waals surface area contributed by atoms with Crippen molar-refractivity contribution in [1.29, 1.82) is 0 Å². The first-order valence-corrected chi connectivity index (χ1v) is 8.27. The van der Waals surface area contributed by atoms with Crippen molar-refractivity contribution < 1.29 is 9.84 Å². The molecule has 21 heavy (non-hydrogen) atoms. The number of thiophene rings is 1. The average molecular weight is 303 g/mol. The minimum absolute atomic E-state index is 0.599. The molecular formula is C17H21NO2S. The first-order chi connectivity index (χ1) is 10.3. The molecule has 112 valence electrons. The van der Waals surface area contributed by atoms with E-state index in [1.807, 2.05) is 6.07 Å². The summed E-state index contributed by atoms with van der Waals surface area (Å²) in [5.74, 6) is 0. The topological polar surface area (TPSA) is 41.5 Å². The standard InChI is InChI=1S/C17H21NO2S/c19-17(6-8-20-9-7-17)13-18-11-16-10-15(12-21-16)14-4-2-1-3-5-14/h1-5,10,12,18-19H,6-9,11,13H2. The first-order valence-electron chi connectivity index (χ1n) is 7.39. The van der Waals surface area contributed by atoms with Crippen LogP contribution in [0.1, 0.15) is 17.7 Å². The van der Waals surface area contributed by atoms with Crippen molar-refractivity contribution in [1.82, 2.24) is 5.32 Å². The van der Waals surface area contributed by atoms with E-state index in [0.29, 0.717) is 19.8 Å². The van der Waals surface area contributed by atoms with Crippen LogP contribution in [0.5, 0.6) is 0 Å². The first kappa shape index (κ1) is 14.7. The third-order valence-corrected chi connectivity index (χ3v) is 4.87. The normalized spacial score (nSPS) is 17.8. The highest BCUT2D eigenvalue weighted by Crippen LogP contribution is 2.25. The van der Waals surface area contributed by atoms with Crippen LogP contribution >= 0.6 is 11.3 Å². The smallest absolute Gasteiger partial charge is 0.0815 e. The van der Waals surface area contributed by atoms with E-state index in [1.54, 1.807) is 11.3 Å². The van der Waals surface area contributed by atoms with Gasteiger partial charge < -0.3 is 15.2 Å². The third kappa shape index (κ3) is 3.92. The molecule has 3 rings (SSSR count). The second kappa shape index (κ2) is 6.71. The quantitative estimate of drug-likeness (QED) is 0.892. The maximum atomic E-state index is 10.4. The number of ether oxygens (including phenoxy) is 1. The molecule has 0 amide bonds. The summed E-state index contributed by atoms with van der Waals surface area (Å²) in [7, 11) is 0. The fraction of sp³-hybridized carbons (Fsp3) is 0.412. The predicted octanol–water partition coefficient (Wildman–Crippen LogP) is 3.05. The van der Waals surface area contributed by atoms with E-state index in [1.165, 1.54) is 16.0 Å². The van der Waals surface area contributed by atoms with E-state index in [9.17, 15) is 5.11 Å². The van der Waals surface area contributed by atoms with Gasteiger partial charge in [-0.25, -0.2) is 0 Å². The van der Waals surface area contributed by atoms with Crippen LogP contribution in [0.25, 0.3) is 11.1 Å². The van der Waals surface area contributed by atoms with Crippen LogP contribution in [0, 0.1) is 0 Å². The molecule has 1 aromatic heterocycles. The van der Waals surface area contributed by atoms with Gasteiger partial charge in [0, 0.05) is 44.0 Å². The fourth-order valence-electron chi connectivity index (χ4n) is 2.60. The lowest BCUT2D eigenvalue weighted by Crippen LogP contribution is -2.44. The molecule has 0 radical (unpaired) electrons. The van der Waals surface area contributed by atoms with E-state index in [2.05, 4.69) is 41.0 Å². The molecule has 1 fully saturated rings. The lowest BCUT2D eigenvalue weighted by Gasteiger charge is -2.32. The summed E-state index contributed by atoms with van der Waals surface area (Å²) in [5, 5.41) is 16.0. The Morgan fingerprint density at radius 3 is 2.67 bits per heavy atom. The number of benzene rings is 1. The molecule has 2 N–H and O–H groups in total. The van der Waals surface area contributed by atoms with Gasteiger partial charge in [0.05, 0.1) is 5.60 Å². The summed E-state index contributed by atoms with van der Waals surface area (Å²) in [6, 6.07) is 12.6. The van der Waals surface area contributed by atoms with Gasteiger partial charge in [0.1, 0.15) is 0 Å². The lowest BCUT2D eigenvalue weighted by atomic mass is 9.94. The van der Waals surface area contributed by atoms with Crippen molar-refractivity contribution in [3.8, 4) is 11.1 Å². The lowest BCUT2D eigenvalue weighted by molar-refractivity contribution is -0.0616. The van der Waals surface area contributed by atoms with E-state index < -0.39 is 5.60 Å². The molecule has 2 aromatic rings. The zero-order valence-corrected chi connectivity index (χ0v) is 12.9. The largest absolute Gasteiger partial charge is 0.388 e. The molecule has 1 aliphatic rings. The minimum atomic E-state index is -0.599.